The Morgan fingerprint density at radius 2 is 2.18 bits per heavy atom. The van der Waals surface area contributed by atoms with E-state index in [1.807, 2.05) is 0 Å². The van der Waals surface area contributed by atoms with E-state index in [0.29, 0.717) is 12.5 Å². The van der Waals surface area contributed by atoms with Crippen molar-refractivity contribution in [2.75, 3.05) is 20.8 Å². The van der Waals surface area contributed by atoms with E-state index in [2.05, 4.69) is 6.92 Å². The minimum absolute atomic E-state index is 0.0323. The molecule has 0 aromatic rings. The number of hydrogen-bond acceptors (Lipinski definition) is 3. The molecule has 0 aromatic heterocycles. The lowest BCUT2D eigenvalue weighted by atomic mass is 10.1. The molecule has 0 radical (unpaired) electrons. The van der Waals surface area contributed by atoms with Crippen LogP contribution in [0.2, 0.25) is 0 Å². The van der Waals surface area contributed by atoms with Gasteiger partial charge in [0.05, 0.1) is 12.7 Å². The van der Waals surface area contributed by atoms with Gasteiger partial charge in [0.1, 0.15) is 0 Å². The van der Waals surface area contributed by atoms with Gasteiger partial charge in [0.15, 0.2) is 6.29 Å². The van der Waals surface area contributed by atoms with Crippen LogP contribution in [0.3, 0.4) is 0 Å². The van der Waals surface area contributed by atoms with Crippen LogP contribution in [-0.4, -0.2) is 33.2 Å². The second kappa shape index (κ2) is 4.04. The third-order valence-corrected chi connectivity index (χ3v) is 2.01. The summed E-state index contributed by atoms with van der Waals surface area (Å²) in [6.45, 7) is 2.80. The van der Waals surface area contributed by atoms with Crippen molar-refractivity contribution in [2.24, 2.45) is 5.92 Å². The summed E-state index contributed by atoms with van der Waals surface area (Å²) in [5, 5.41) is 0. The molecule has 3 nitrogen and oxygen atoms in total. The molecule has 0 spiro atoms. The van der Waals surface area contributed by atoms with Crippen molar-refractivity contribution in [1.29, 1.82) is 0 Å². The molecule has 0 aliphatic carbocycles. The summed E-state index contributed by atoms with van der Waals surface area (Å²) in [5.74, 6) is 0.486. The highest BCUT2D eigenvalue weighted by atomic mass is 16.7. The van der Waals surface area contributed by atoms with E-state index in [1.54, 1.807) is 14.2 Å². The van der Waals surface area contributed by atoms with Crippen LogP contribution in [0.1, 0.15) is 13.3 Å². The molecule has 0 amide bonds. The molecule has 3 atom stereocenters. The maximum atomic E-state index is 5.52. The summed E-state index contributed by atoms with van der Waals surface area (Å²) in [5.41, 5.74) is 0. The fraction of sp³-hybridized carbons (Fsp3) is 1.00. The zero-order chi connectivity index (χ0) is 8.27. The van der Waals surface area contributed by atoms with Crippen molar-refractivity contribution in [1.82, 2.24) is 0 Å². The molecule has 1 heterocycles. The number of methoxy groups -OCH3 is 2. The van der Waals surface area contributed by atoms with Crippen molar-refractivity contribution in [3.8, 4) is 0 Å². The molecule has 0 aromatic carbocycles. The van der Waals surface area contributed by atoms with Gasteiger partial charge in [0.25, 0.3) is 0 Å². The van der Waals surface area contributed by atoms with Crippen LogP contribution in [0.15, 0.2) is 0 Å². The van der Waals surface area contributed by atoms with Crippen molar-refractivity contribution in [2.45, 2.75) is 25.7 Å². The van der Waals surface area contributed by atoms with Crippen LogP contribution in [0.25, 0.3) is 0 Å². The average Bonchev–Trinajstić information content (AvgIpc) is 2.32. The summed E-state index contributed by atoms with van der Waals surface area (Å²) in [6, 6.07) is 0. The largest absolute Gasteiger partial charge is 0.382 e. The van der Waals surface area contributed by atoms with Gasteiger partial charge in [-0.15, -0.1) is 0 Å². The average molecular weight is 160 g/mol. The van der Waals surface area contributed by atoms with Crippen LogP contribution in [0.5, 0.6) is 0 Å². The fourth-order valence-electron chi connectivity index (χ4n) is 1.49. The van der Waals surface area contributed by atoms with Gasteiger partial charge in [-0.1, -0.05) is 6.92 Å². The molecule has 3 heteroatoms. The topological polar surface area (TPSA) is 27.7 Å². The van der Waals surface area contributed by atoms with E-state index >= 15 is 0 Å². The molecule has 1 aliphatic rings. The quantitative estimate of drug-likeness (QED) is 0.617. The van der Waals surface area contributed by atoms with E-state index < -0.39 is 0 Å². The van der Waals surface area contributed by atoms with Crippen molar-refractivity contribution in [3.05, 3.63) is 0 Å². The van der Waals surface area contributed by atoms with Crippen molar-refractivity contribution in [3.63, 3.8) is 0 Å². The second-order valence-corrected chi connectivity index (χ2v) is 3.03. The number of hydrogen-bond donors (Lipinski definition) is 0. The third kappa shape index (κ3) is 2.15. The highest BCUT2D eigenvalue weighted by Gasteiger charge is 2.31. The van der Waals surface area contributed by atoms with Gasteiger partial charge in [-0.2, -0.15) is 0 Å². The van der Waals surface area contributed by atoms with Crippen LogP contribution in [0.4, 0.5) is 0 Å². The Bertz CT molecular complexity index is 116. The first-order chi connectivity index (χ1) is 5.27. The molecule has 1 fully saturated rings. The zero-order valence-corrected chi connectivity index (χ0v) is 7.37. The normalized spacial score (nSPS) is 37.9. The summed E-state index contributed by atoms with van der Waals surface area (Å²) < 4.78 is 15.6. The summed E-state index contributed by atoms with van der Waals surface area (Å²) in [7, 11) is 3.37. The Morgan fingerprint density at radius 1 is 1.45 bits per heavy atom. The molecular weight excluding hydrogens is 144 g/mol. The molecule has 1 aliphatic heterocycles. The maximum Gasteiger partial charge on any atom is 0.160 e. The standard InChI is InChI=1S/C8H16O3/c1-6-4-7(5-9-2)11-8(6)10-3/h6-8H,4-5H2,1-3H3/t6?,7-,8?/m0/s1. The van der Waals surface area contributed by atoms with Gasteiger partial charge in [-0.05, 0) is 6.42 Å². The van der Waals surface area contributed by atoms with Gasteiger partial charge in [0, 0.05) is 20.1 Å². The molecular formula is C8H16O3. The first-order valence-electron chi connectivity index (χ1n) is 3.95. The summed E-state index contributed by atoms with van der Waals surface area (Å²) >= 11 is 0. The molecule has 0 N–H and O–H groups in total. The van der Waals surface area contributed by atoms with Crippen LogP contribution < -0.4 is 0 Å². The van der Waals surface area contributed by atoms with Gasteiger partial charge < -0.3 is 14.2 Å². The summed E-state index contributed by atoms with van der Waals surface area (Å²) in [6.07, 6.45) is 1.22. The number of ether oxygens (including phenoxy) is 3. The first-order valence-corrected chi connectivity index (χ1v) is 3.95. The molecule has 0 bridgehead atoms. The first kappa shape index (κ1) is 8.97. The molecule has 1 saturated heterocycles. The summed E-state index contributed by atoms with van der Waals surface area (Å²) in [4.78, 5) is 0. The van der Waals surface area contributed by atoms with Crippen molar-refractivity contribution < 1.29 is 14.2 Å². The lowest BCUT2D eigenvalue weighted by Gasteiger charge is -2.12. The van der Waals surface area contributed by atoms with E-state index in [-0.39, 0.29) is 12.4 Å². The lowest BCUT2D eigenvalue weighted by Crippen LogP contribution is -2.18. The highest BCUT2D eigenvalue weighted by Crippen LogP contribution is 2.26. The van der Waals surface area contributed by atoms with Gasteiger partial charge in [-0.25, -0.2) is 0 Å². The minimum Gasteiger partial charge on any atom is -0.382 e. The Morgan fingerprint density at radius 3 is 2.64 bits per heavy atom. The van der Waals surface area contributed by atoms with E-state index in [0.717, 1.165) is 6.42 Å². The molecule has 2 unspecified atom stereocenters. The fourth-order valence-corrected chi connectivity index (χ4v) is 1.49. The number of rotatable bonds is 3. The van der Waals surface area contributed by atoms with Crippen LogP contribution in [-0.2, 0) is 14.2 Å². The zero-order valence-electron chi connectivity index (χ0n) is 7.37. The highest BCUT2D eigenvalue weighted by molar-refractivity contribution is 4.73. The smallest absolute Gasteiger partial charge is 0.160 e. The Labute approximate surface area is 67.6 Å². The molecule has 1 rings (SSSR count). The predicted octanol–water partition coefficient (Wildman–Crippen LogP) is 1.03. The van der Waals surface area contributed by atoms with Crippen molar-refractivity contribution >= 4 is 0 Å². The molecule has 66 valence electrons. The maximum absolute atomic E-state index is 5.52. The third-order valence-electron chi connectivity index (χ3n) is 2.01. The molecule has 11 heavy (non-hydrogen) atoms. The lowest BCUT2D eigenvalue weighted by molar-refractivity contribution is -0.138. The Hall–Kier alpha value is -0.120. The monoisotopic (exact) mass is 160 g/mol. The van der Waals surface area contributed by atoms with Gasteiger partial charge >= 0.3 is 0 Å². The molecule has 0 saturated carbocycles. The second-order valence-electron chi connectivity index (χ2n) is 3.03. The van der Waals surface area contributed by atoms with Gasteiger partial charge in [-0.3, -0.25) is 0 Å². The Balaban J connectivity index is 2.30. The van der Waals surface area contributed by atoms with Crippen LogP contribution >= 0.6 is 0 Å². The van der Waals surface area contributed by atoms with Gasteiger partial charge in [0.2, 0.25) is 0 Å². The predicted molar refractivity (Wildman–Crippen MR) is 41.3 cm³/mol. The van der Waals surface area contributed by atoms with E-state index in [4.69, 9.17) is 14.2 Å². The van der Waals surface area contributed by atoms with E-state index in [9.17, 15) is 0 Å². The van der Waals surface area contributed by atoms with E-state index in [1.165, 1.54) is 0 Å². The minimum atomic E-state index is -0.0323. The SMILES string of the molecule is COC[C@@H]1CC(C)C(OC)O1. The van der Waals surface area contributed by atoms with Crippen LogP contribution in [0, 0.1) is 5.92 Å². The Kier molecular flexibility index (Phi) is 3.30.